The monoisotopic (exact) mass is 499 g/mol. The molecule has 0 saturated carbocycles. The van der Waals surface area contributed by atoms with E-state index in [9.17, 15) is 13.2 Å². The molecule has 4 rings (SSSR count). The number of sulfonamides is 1. The van der Waals surface area contributed by atoms with Gasteiger partial charge in [-0.1, -0.05) is 42.1 Å². The quantitative estimate of drug-likeness (QED) is 0.336. The van der Waals surface area contributed by atoms with E-state index < -0.39 is 10.0 Å². The highest BCUT2D eigenvalue weighted by Crippen LogP contribution is 2.27. The van der Waals surface area contributed by atoms with Crippen LogP contribution in [0.15, 0.2) is 59.8 Å². The van der Waals surface area contributed by atoms with Crippen LogP contribution in [-0.4, -0.2) is 58.5 Å². The van der Waals surface area contributed by atoms with Crippen molar-refractivity contribution in [2.45, 2.75) is 43.3 Å². The van der Waals surface area contributed by atoms with Crippen LogP contribution in [0.25, 0.3) is 0 Å². The van der Waals surface area contributed by atoms with Crippen LogP contribution >= 0.6 is 11.8 Å². The van der Waals surface area contributed by atoms with Crippen LogP contribution in [0.5, 0.6) is 0 Å². The number of carbonyl (C=O) groups is 1. The Bertz CT molecular complexity index is 1220. The van der Waals surface area contributed by atoms with Gasteiger partial charge in [-0.05, 0) is 62.7 Å². The van der Waals surface area contributed by atoms with Gasteiger partial charge in [0.2, 0.25) is 10.0 Å². The number of anilines is 1. The number of aromatic nitrogens is 3. The van der Waals surface area contributed by atoms with Gasteiger partial charge in [0.05, 0.1) is 24.6 Å². The molecule has 1 fully saturated rings. The predicted octanol–water partition coefficient (Wildman–Crippen LogP) is 3.66. The molecule has 0 spiro atoms. The van der Waals surface area contributed by atoms with Gasteiger partial charge in [0.15, 0.2) is 10.9 Å². The number of hydrogen-bond acceptors (Lipinski definition) is 7. The summed E-state index contributed by atoms with van der Waals surface area (Å²) in [4.78, 5) is 15.5. The Labute approximate surface area is 204 Å². The lowest BCUT2D eigenvalue weighted by atomic mass is 10.1. The zero-order valence-electron chi connectivity index (χ0n) is 19.3. The number of thioether (sulfide) groups is 1. The summed E-state index contributed by atoms with van der Waals surface area (Å²) in [5.41, 5.74) is 2.10. The number of nitrogens with one attached hydrogen (secondary N) is 1. The van der Waals surface area contributed by atoms with Crippen molar-refractivity contribution in [3.8, 4) is 0 Å². The van der Waals surface area contributed by atoms with Crippen molar-refractivity contribution >= 4 is 33.3 Å². The highest BCUT2D eigenvalue weighted by atomic mass is 32.2. The Morgan fingerprint density at radius 1 is 1.03 bits per heavy atom. The normalized spacial score (nSPS) is 15.4. The number of Topliss-reactive ketones (excluding diaryl/α,β-unsaturated/α-hetero) is 1. The maximum atomic E-state index is 13.1. The van der Waals surface area contributed by atoms with E-state index in [0.29, 0.717) is 23.0 Å². The fourth-order valence-electron chi connectivity index (χ4n) is 3.95. The lowest BCUT2D eigenvalue weighted by molar-refractivity contribution is 0.0994. The van der Waals surface area contributed by atoms with Gasteiger partial charge in [-0.2, -0.15) is 0 Å². The first-order valence-electron chi connectivity index (χ1n) is 11.3. The molecule has 0 radical (unpaired) electrons. The Hall–Kier alpha value is -2.69. The molecule has 1 atom stereocenters. The van der Waals surface area contributed by atoms with Gasteiger partial charge in [0.25, 0.3) is 0 Å². The Morgan fingerprint density at radius 3 is 2.35 bits per heavy atom. The first-order chi connectivity index (χ1) is 16.3. The van der Waals surface area contributed by atoms with Crippen molar-refractivity contribution in [1.29, 1.82) is 0 Å². The number of rotatable bonds is 10. The van der Waals surface area contributed by atoms with Crippen LogP contribution in [0, 0.1) is 0 Å². The minimum Gasteiger partial charge on any atom is -0.300 e. The molecule has 0 amide bonds. The predicted molar refractivity (Wildman–Crippen MR) is 135 cm³/mol. The standard InChI is InChI=1S/C24H29N5O3S2/c1-18(23(30)20-10-12-21(13-11-20)27-34(2,31)32)33-24-26-25-22(17-28-14-6-7-15-28)29(24)16-19-8-4-3-5-9-19/h3-5,8-13,18,27H,6-7,14-17H2,1-2H3/t18-/m1/s1. The van der Waals surface area contributed by atoms with Crippen molar-refractivity contribution in [2.75, 3.05) is 24.1 Å². The van der Waals surface area contributed by atoms with E-state index in [1.165, 1.54) is 24.6 Å². The number of hydrogen-bond donors (Lipinski definition) is 1. The molecule has 1 aliphatic heterocycles. The molecule has 1 saturated heterocycles. The van der Waals surface area contributed by atoms with E-state index in [-0.39, 0.29) is 11.0 Å². The van der Waals surface area contributed by atoms with Gasteiger partial charge in [0.1, 0.15) is 5.82 Å². The number of carbonyl (C=O) groups excluding carboxylic acids is 1. The lowest BCUT2D eigenvalue weighted by Gasteiger charge is -2.17. The summed E-state index contributed by atoms with van der Waals surface area (Å²) in [5.74, 6) is 0.857. The van der Waals surface area contributed by atoms with Crippen LogP contribution in [0.1, 0.15) is 41.5 Å². The van der Waals surface area contributed by atoms with Crippen molar-refractivity contribution in [1.82, 2.24) is 19.7 Å². The molecule has 34 heavy (non-hydrogen) atoms. The largest absolute Gasteiger partial charge is 0.300 e. The maximum Gasteiger partial charge on any atom is 0.229 e. The highest BCUT2D eigenvalue weighted by Gasteiger charge is 2.23. The Morgan fingerprint density at radius 2 is 1.71 bits per heavy atom. The molecular weight excluding hydrogens is 470 g/mol. The highest BCUT2D eigenvalue weighted by molar-refractivity contribution is 8.00. The van der Waals surface area contributed by atoms with Crippen molar-refractivity contribution < 1.29 is 13.2 Å². The van der Waals surface area contributed by atoms with Crippen molar-refractivity contribution in [3.63, 3.8) is 0 Å². The third-order valence-electron chi connectivity index (χ3n) is 5.66. The van der Waals surface area contributed by atoms with E-state index >= 15 is 0 Å². The molecule has 0 aliphatic carbocycles. The van der Waals surface area contributed by atoms with Crippen LogP contribution in [-0.2, 0) is 23.1 Å². The molecular formula is C24H29N5O3S2. The fourth-order valence-corrected chi connectivity index (χ4v) is 5.46. The average Bonchev–Trinajstić information content (AvgIpc) is 3.45. The van der Waals surface area contributed by atoms with E-state index in [1.54, 1.807) is 24.3 Å². The molecule has 0 bridgehead atoms. The minimum absolute atomic E-state index is 0.0498. The van der Waals surface area contributed by atoms with Gasteiger partial charge in [-0.25, -0.2) is 8.42 Å². The third kappa shape index (κ3) is 6.46. The fraction of sp³-hybridized carbons (Fsp3) is 0.375. The van der Waals surface area contributed by atoms with Crippen molar-refractivity contribution in [3.05, 3.63) is 71.5 Å². The molecule has 180 valence electrons. The summed E-state index contributed by atoms with van der Waals surface area (Å²) >= 11 is 1.40. The first-order valence-corrected chi connectivity index (χ1v) is 14.0. The van der Waals surface area contributed by atoms with E-state index in [2.05, 4.69) is 36.5 Å². The van der Waals surface area contributed by atoms with Crippen LogP contribution < -0.4 is 4.72 Å². The van der Waals surface area contributed by atoms with Gasteiger partial charge >= 0.3 is 0 Å². The molecule has 0 unspecified atom stereocenters. The average molecular weight is 500 g/mol. The molecule has 3 aromatic rings. The zero-order chi connectivity index (χ0) is 24.1. The molecule has 8 nitrogen and oxygen atoms in total. The second kappa shape index (κ2) is 10.7. The number of nitrogens with zero attached hydrogens (tertiary/aromatic N) is 4. The summed E-state index contributed by atoms with van der Waals surface area (Å²) < 4.78 is 27.3. The summed E-state index contributed by atoms with van der Waals surface area (Å²) in [6.07, 6.45) is 3.51. The Kier molecular flexibility index (Phi) is 7.70. The summed E-state index contributed by atoms with van der Waals surface area (Å²) in [5, 5.41) is 9.26. The Balaban J connectivity index is 1.51. The summed E-state index contributed by atoms with van der Waals surface area (Å²) in [7, 11) is -3.36. The SMILES string of the molecule is C[C@@H](Sc1nnc(CN2CCCC2)n1Cc1ccccc1)C(=O)c1ccc(NS(C)(=O)=O)cc1. The van der Waals surface area contributed by atoms with Crippen LogP contribution in [0.2, 0.25) is 0 Å². The smallest absolute Gasteiger partial charge is 0.229 e. The molecule has 2 aromatic carbocycles. The minimum atomic E-state index is -3.36. The summed E-state index contributed by atoms with van der Waals surface area (Å²) in [6.45, 7) is 5.39. The van der Waals surface area contributed by atoms with E-state index in [4.69, 9.17) is 0 Å². The topological polar surface area (TPSA) is 97.2 Å². The second-order valence-corrected chi connectivity index (χ2v) is 11.6. The first kappa shape index (κ1) is 24.4. The zero-order valence-corrected chi connectivity index (χ0v) is 21.0. The van der Waals surface area contributed by atoms with Gasteiger partial charge in [-0.15, -0.1) is 10.2 Å². The molecule has 1 aliphatic rings. The molecule has 10 heteroatoms. The van der Waals surface area contributed by atoms with Crippen LogP contribution in [0.4, 0.5) is 5.69 Å². The molecule has 1 aromatic heterocycles. The molecule has 2 heterocycles. The van der Waals surface area contributed by atoms with Gasteiger partial charge in [-0.3, -0.25) is 14.4 Å². The lowest BCUT2D eigenvalue weighted by Crippen LogP contribution is -2.22. The van der Waals surface area contributed by atoms with Gasteiger partial charge in [0, 0.05) is 11.3 Å². The van der Waals surface area contributed by atoms with E-state index in [1.807, 2.05) is 25.1 Å². The van der Waals surface area contributed by atoms with E-state index in [0.717, 1.165) is 37.3 Å². The third-order valence-corrected chi connectivity index (χ3v) is 7.35. The van der Waals surface area contributed by atoms with Crippen molar-refractivity contribution in [2.24, 2.45) is 0 Å². The number of likely N-dealkylation sites (tertiary alicyclic amines) is 1. The molecule has 1 N–H and O–H groups in total. The van der Waals surface area contributed by atoms with Gasteiger partial charge < -0.3 is 4.57 Å². The van der Waals surface area contributed by atoms with Crippen LogP contribution in [0.3, 0.4) is 0 Å². The second-order valence-electron chi connectivity index (χ2n) is 8.53. The summed E-state index contributed by atoms with van der Waals surface area (Å²) in [6, 6.07) is 16.6. The number of benzene rings is 2. The number of ketones is 1. The maximum absolute atomic E-state index is 13.1.